The Morgan fingerprint density at radius 2 is 1.71 bits per heavy atom. The molecule has 1 saturated carbocycles. The van der Waals surface area contributed by atoms with Crippen molar-refractivity contribution in [3.63, 3.8) is 0 Å². The highest BCUT2D eigenvalue weighted by molar-refractivity contribution is 7.21. The summed E-state index contributed by atoms with van der Waals surface area (Å²) in [4.78, 5) is 35.7. The van der Waals surface area contributed by atoms with Crippen LogP contribution in [0.4, 0.5) is 10.1 Å². The fraction of sp³-hybridized carbons (Fsp3) is 0.433. The molecule has 2 bridgehead atoms. The van der Waals surface area contributed by atoms with Gasteiger partial charge < -0.3 is 10.0 Å². The lowest BCUT2D eigenvalue weighted by molar-refractivity contribution is -0.132. The minimum atomic E-state index is -1.07. The van der Waals surface area contributed by atoms with Crippen LogP contribution in [0.5, 0.6) is 0 Å². The summed E-state index contributed by atoms with van der Waals surface area (Å²) in [7, 11) is 0. The highest BCUT2D eigenvalue weighted by Crippen LogP contribution is 2.46. The van der Waals surface area contributed by atoms with Gasteiger partial charge in [-0.1, -0.05) is 65.4 Å². The van der Waals surface area contributed by atoms with E-state index in [4.69, 9.17) is 39.8 Å². The number of nitrogens with one attached hydrogen (secondary N) is 1. The lowest BCUT2D eigenvalue weighted by Crippen LogP contribution is -2.65. The molecule has 7 nitrogen and oxygen atoms in total. The Balaban J connectivity index is 1.26. The maximum Gasteiger partial charge on any atom is 0.331 e. The molecular weight excluding hydrogens is 635 g/mol. The molecule has 1 aromatic carbocycles. The van der Waals surface area contributed by atoms with Crippen molar-refractivity contribution in [3.8, 4) is 10.6 Å². The molecule has 3 aliphatic heterocycles. The number of benzene rings is 1. The number of thiazole rings is 1. The summed E-state index contributed by atoms with van der Waals surface area (Å²) >= 11 is 22.2. The molecule has 0 spiro atoms. The minimum absolute atomic E-state index is 0.0841. The Kier molecular flexibility index (Phi) is 8.87. The van der Waals surface area contributed by atoms with Crippen LogP contribution in [0.1, 0.15) is 67.8 Å². The molecule has 1 aliphatic carbocycles. The molecule has 1 amide bonds. The van der Waals surface area contributed by atoms with Gasteiger partial charge in [-0.25, -0.2) is 9.78 Å². The van der Waals surface area contributed by atoms with Crippen LogP contribution in [-0.2, 0) is 4.79 Å². The van der Waals surface area contributed by atoms with Gasteiger partial charge in [-0.15, -0.1) is 11.3 Å². The number of aliphatic carboxylic acids is 1. The van der Waals surface area contributed by atoms with Crippen LogP contribution < -0.4 is 10.2 Å². The molecule has 2 unspecified atom stereocenters. The molecule has 7 rings (SSSR count). The van der Waals surface area contributed by atoms with Crippen LogP contribution in [0, 0.1) is 0 Å². The maximum absolute atomic E-state index is 13.3. The number of anilines is 2. The highest BCUT2D eigenvalue weighted by Gasteiger charge is 2.43. The van der Waals surface area contributed by atoms with Gasteiger partial charge in [0.15, 0.2) is 5.13 Å². The average molecular weight is 666 g/mol. The number of carbonyl (C=O) groups is 2. The Morgan fingerprint density at radius 1 is 1.00 bits per heavy atom. The summed E-state index contributed by atoms with van der Waals surface area (Å²) in [5.41, 5.74) is 1.53. The van der Waals surface area contributed by atoms with Crippen molar-refractivity contribution in [2.24, 2.45) is 0 Å². The standard InChI is InChI=1S/C30H31Cl3N4O3S2/c1-16(29(39)40)9-22-23(32)10-17(11-24(22)33)27(38)35-30-34-26(25-12-18(31)15-41-25)28(42-30)37-14-20-7-8-21(37)13-36(20)19-5-3-2-4-6-19/h9-12,15,19-21H,2-8,13-14H2,1H3,(H,39,40)(H,34,35,38)/b16-9+. The van der Waals surface area contributed by atoms with Crippen LogP contribution in [0.3, 0.4) is 0 Å². The van der Waals surface area contributed by atoms with E-state index in [1.165, 1.54) is 75.0 Å². The fourth-order valence-corrected chi connectivity index (χ4v) is 9.21. The first kappa shape index (κ1) is 29.9. The van der Waals surface area contributed by atoms with Gasteiger partial charge in [-0.2, -0.15) is 0 Å². The zero-order valence-electron chi connectivity index (χ0n) is 23.0. The largest absolute Gasteiger partial charge is 0.478 e. The third-order valence-electron chi connectivity index (χ3n) is 8.55. The average Bonchev–Trinajstić information content (AvgIpc) is 3.61. The Morgan fingerprint density at radius 3 is 2.33 bits per heavy atom. The topological polar surface area (TPSA) is 85.8 Å². The van der Waals surface area contributed by atoms with Gasteiger partial charge in [0, 0.05) is 53.3 Å². The van der Waals surface area contributed by atoms with Crippen LogP contribution in [0.15, 0.2) is 29.2 Å². The number of hydrogen-bond acceptors (Lipinski definition) is 7. The second-order valence-electron chi connectivity index (χ2n) is 11.3. The predicted octanol–water partition coefficient (Wildman–Crippen LogP) is 8.56. The van der Waals surface area contributed by atoms with Crippen molar-refractivity contribution in [1.29, 1.82) is 0 Å². The highest BCUT2D eigenvalue weighted by atomic mass is 35.5. The van der Waals surface area contributed by atoms with Crippen LogP contribution in [-0.4, -0.2) is 58.1 Å². The summed E-state index contributed by atoms with van der Waals surface area (Å²) in [6.07, 6.45) is 10.4. The molecule has 3 aromatic rings. The number of thiophene rings is 1. The Labute approximate surface area is 268 Å². The number of carbonyl (C=O) groups excluding carboxylic acids is 1. The molecule has 0 radical (unpaired) electrons. The van der Waals surface area contributed by atoms with Crippen molar-refractivity contribution in [1.82, 2.24) is 9.88 Å². The first-order valence-corrected chi connectivity index (χ1v) is 17.0. The van der Waals surface area contributed by atoms with E-state index in [0.717, 1.165) is 35.1 Å². The van der Waals surface area contributed by atoms with Crippen LogP contribution in [0.2, 0.25) is 15.1 Å². The number of halogens is 3. The van der Waals surface area contributed by atoms with Gasteiger partial charge in [0.05, 0.1) is 19.9 Å². The third-order valence-corrected chi connectivity index (χ3v) is 11.5. The van der Waals surface area contributed by atoms with Crippen molar-refractivity contribution >= 4 is 85.6 Å². The smallest absolute Gasteiger partial charge is 0.331 e. The normalized spacial score (nSPS) is 21.6. The van der Waals surface area contributed by atoms with Crippen molar-refractivity contribution < 1.29 is 14.7 Å². The summed E-state index contributed by atoms with van der Waals surface area (Å²) in [5.74, 6) is -1.47. The van der Waals surface area contributed by atoms with E-state index in [9.17, 15) is 14.7 Å². The van der Waals surface area contributed by atoms with E-state index in [1.54, 1.807) is 11.3 Å². The summed E-state index contributed by atoms with van der Waals surface area (Å²) in [5, 5.41) is 16.6. The van der Waals surface area contributed by atoms with Gasteiger partial charge in [0.1, 0.15) is 10.7 Å². The summed E-state index contributed by atoms with van der Waals surface area (Å²) < 4.78 is 0. The molecule has 12 heteroatoms. The molecule has 2 N–H and O–H groups in total. The zero-order valence-corrected chi connectivity index (χ0v) is 26.9. The number of nitrogens with zero attached hydrogens (tertiary/aromatic N) is 3. The van der Waals surface area contributed by atoms with Gasteiger partial charge in [-0.3, -0.25) is 15.0 Å². The van der Waals surface area contributed by atoms with E-state index in [0.29, 0.717) is 33.8 Å². The number of piperazine rings is 1. The van der Waals surface area contributed by atoms with Gasteiger partial charge in [0.25, 0.3) is 5.91 Å². The maximum atomic E-state index is 13.3. The van der Waals surface area contributed by atoms with E-state index in [-0.39, 0.29) is 21.2 Å². The third kappa shape index (κ3) is 6.10. The van der Waals surface area contributed by atoms with Crippen molar-refractivity contribution in [3.05, 3.63) is 55.3 Å². The molecule has 4 aliphatic rings. The molecular formula is C30H31Cl3N4O3S2. The monoisotopic (exact) mass is 664 g/mol. The second-order valence-corrected chi connectivity index (χ2v) is 14.4. The number of fused-ring (bicyclic) bond motifs is 3. The number of rotatable bonds is 7. The lowest BCUT2D eigenvalue weighted by atomic mass is 9.85. The van der Waals surface area contributed by atoms with Crippen molar-refractivity contribution in [2.75, 3.05) is 23.3 Å². The van der Waals surface area contributed by atoms with Gasteiger partial charge in [-0.05, 0) is 56.9 Å². The molecule has 3 saturated heterocycles. The van der Waals surface area contributed by atoms with Crippen molar-refractivity contribution in [2.45, 2.75) is 70.0 Å². The number of piperidine rings is 2. The number of aromatic nitrogens is 1. The van der Waals surface area contributed by atoms with E-state index in [1.807, 2.05) is 11.4 Å². The quantitative estimate of drug-likeness (QED) is 0.246. The van der Waals surface area contributed by atoms with Gasteiger partial charge in [0.2, 0.25) is 0 Å². The van der Waals surface area contributed by atoms with E-state index >= 15 is 0 Å². The fourth-order valence-electron chi connectivity index (χ4n) is 6.43. The molecule has 4 fully saturated rings. The number of carboxylic acid groups (broad SMARTS) is 1. The molecule has 222 valence electrons. The lowest BCUT2D eigenvalue weighted by Gasteiger charge is -2.55. The number of amides is 1. The van der Waals surface area contributed by atoms with E-state index < -0.39 is 11.9 Å². The summed E-state index contributed by atoms with van der Waals surface area (Å²) in [6.45, 7) is 3.48. The van der Waals surface area contributed by atoms with Gasteiger partial charge >= 0.3 is 5.97 Å². The SMILES string of the molecule is C/C(=C\c1c(Cl)cc(C(=O)Nc2nc(-c3cc(Cl)cs3)c(N3CC4CCC3CN4C3CCCCC3)s2)cc1Cl)C(=O)O. The second kappa shape index (κ2) is 12.5. The Hall–Kier alpha value is -2.14. The first-order chi connectivity index (χ1) is 20.2. The minimum Gasteiger partial charge on any atom is -0.478 e. The number of carboxylic acids is 1. The first-order valence-electron chi connectivity index (χ1n) is 14.2. The predicted molar refractivity (Wildman–Crippen MR) is 174 cm³/mol. The molecule has 2 atom stereocenters. The number of hydrogen-bond donors (Lipinski definition) is 2. The summed E-state index contributed by atoms with van der Waals surface area (Å²) in [6, 6.07) is 6.54. The molecule has 2 aromatic heterocycles. The Bertz CT molecular complexity index is 1520. The molecule has 5 heterocycles. The van der Waals surface area contributed by atoms with E-state index in [2.05, 4.69) is 15.1 Å². The van der Waals surface area contributed by atoms with Crippen LogP contribution >= 0.6 is 57.5 Å². The van der Waals surface area contributed by atoms with Crippen LogP contribution in [0.25, 0.3) is 16.6 Å². The zero-order chi connectivity index (χ0) is 29.5. The molecule has 42 heavy (non-hydrogen) atoms.